The van der Waals surface area contributed by atoms with E-state index in [1.165, 1.54) is 24.7 Å². The maximum absolute atomic E-state index is 11.3. The van der Waals surface area contributed by atoms with Crippen molar-refractivity contribution >= 4 is 5.97 Å². The summed E-state index contributed by atoms with van der Waals surface area (Å²) in [6.07, 6.45) is 3.73. The Morgan fingerprint density at radius 3 is 2.86 bits per heavy atom. The summed E-state index contributed by atoms with van der Waals surface area (Å²) in [5.74, 6) is -0.237. The molecule has 2 rings (SSSR count). The molecule has 0 saturated carbocycles. The van der Waals surface area contributed by atoms with E-state index < -0.39 is 6.10 Å². The molecule has 0 aliphatic heterocycles. The van der Waals surface area contributed by atoms with Crippen LogP contribution in [0, 0.1) is 0 Å². The molecule has 2 N–H and O–H groups in total. The van der Waals surface area contributed by atoms with Gasteiger partial charge in [-0.15, -0.1) is 0 Å². The summed E-state index contributed by atoms with van der Waals surface area (Å²) in [6, 6.07) is 6.13. The number of hydrogen-bond donors (Lipinski definition) is 2. The van der Waals surface area contributed by atoms with Gasteiger partial charge in [0.15, 0.2) is 0 Å². The largest absolute Gasteiger partial charge is 0.469 e. The molecule has 0 saturated heterocycles. The van der Waals surface area contributed by atoms with Gasteiger partial charge in [-0.05, 0) is 48.9 Å². The molecular weight excluding hydrogens is 266 g/mol. The van der Waals surface area contributed by atoms with Crippen LogP contribution in [0.1, 0.15) is 49.0 Å². The first kappa shape index (κ1) is 16.0. The number of likely N-dealkylation sites (N-methyl/N-ethyl adjacent to an activating group) is 1. The molecule has 4 heteroatoms. The SMILES string of the molecule is CCNC(CCC(=O)OC)C(O)c1ccc2c(c1)CCC2. The van der Waals surface area contributed by atoms with Crippen LogP contribution in [0.15, 0.2) is 18.2 Å². The normalized spacial score (nSPS) is 16.3. The molecule has 2 atom stereocenters. The molecule has 1 aromatic carbocycles. The molecule has 0 amide bonds. The number of esters is 1. The highest BCUT2D eigenvalue weighted by Gasteiger charge is 2.22. The molecule has 0 fully saturated rings. The zero-order valence-electron chi connectivity index (χ0n) is 12.9. The molecule has 0 spiro atoms. The topological polar surface area (TPSA) is 58.6 Å². The quantitative estimate of drug-likeness (QED) is 0.756. The number of carbonyl (C=O) groups excluding carboxylic acids is 1. The van der Waals surface area contributed by atoms with E-state index in [9.17, 15) is 9.90 Å². The number of aryl methyl sites for hydroxylation is 2. The van der Waals surface area contributed by atoms with Crippen LogP contribution in [0.3, 0.4) is 0 Å². The number of aliphatic hydroxyl groups excluding tert-OH is 1. The molecule has 1 aromatic rings. The predicted octanol–water partition coefficient (Wildman–Crippen LogP) is 2.14. The number of hydrogen-bond acceptors (Lipinski definition) is 4. The van der Waals surface area contributed by atoms with E-state index >= 15 is 0 Å². The van der Waals surface area contributed by atoms with Crippen molar-refractivity contribution in [1.29, 1.82) is 0 Å². The van der Waals surface area contributed by atoms with E-state index in [1.54, 1.807) is 0 Å². The van der Waals surface area contributed by atoms with Crippen molar-refractivity contribution in [2.24, 2.45) is 0 Å². The third-order valence-corrected chi connectivity index (χ3v) is 4.20. The van der Waals surface area contributed by atoms with Crippen LogP contribution in [-0.4, -0.2) is 30.8 Å². The van der Waals surface area contributed by atoms with Gasteiger partial charge in [-0.3, -0.25) is 4.79 Å². The van der Waals surface area contributed by atoms with Crippen LogP contribution in [0.5, 0.6) is 0 Å². The molecular formula is C17H25NO3. The van der Waals surface area contributed by atoms with Gasteiger partial charge in [-0.25, -0.2) is 0 Å². The maximum Gasteiger partial charge on any atom is 0.305 e. The number of aliphatic hydroxyl groups is 1. The number of ether oxygens (including phenoxy) is 1. The van der Waals surface area contributed by atoms with Gasteiger partial charge in [0.2, 0.25) is 0 Å². The number of nitrogens with one attached hydrogen (secondary N) is 1. The van der Waals surface area contributed by atoms with Crippen molar-refractivity contribution < 1.29 is 14.6 Å². The first-order chi connectivity index (χ1) is 10.2. The number of benzene rings is 1. The first-order valence-electron chi connectivity index (χ1n) is 7.75. The molecule has 4 nitrogen and oxygen atoms in total. The van der Waals surface area contributed by atoms with Crippen LogP contribution in [0.2, 0.25) is 0 Å². The van der Waals surface area contributed by atoms with Crippen LogP contribution in [-0.2, 0) is 22.4 Å². The molecule has 0 bridgehead atoms. The van der Waals surface area contributed by atoms with Crippen LogP contribution in [0.4, 0.5) is 0 Å². The Balaban J connectivity index is 2.06. The summed E-state index contributed by atoms with van der Waals surface area (Å²) in [4.78, 5) is 11.3. The third-order valence-electron chi connectivity index (χ3n) is 4.20. The second-order valence-corrected chi connectivity index (χ2v) is 5.61. The van der Waals surface area contributed by atoms with Gasteiger partial charge in [0, 0.05) is 12.5 Å². The second kappa shape index (κ2) is 7.57. The minimum Gasteiger partial charge on any atom is -0.469 e. The summed E-state index contributed by atoms with van der Waals surface area (Å²) in [6.45, 7) is 2.76. The van der Waals surface area contributed by atoms with Gasteiger partial charge in [0.05, 0.1) is 13.2 Å². The average Bonchev–Trinajstić information content (AvgIpc) is 2.97. The summed E-state index contributed by atoms with van der Waals surface area (Å²) in [5.41, 5.74) is 3.70. The molecule has 0 aromatic heterocycles. The van der Waals surface area contributed by atoms with Gasteiger partial charge in [0.1, 0.15) is 0 Å². The highest BCUT2D eigenvalue weighted by molar-refractivity contribution is 5.69. The summed E-state index contributed by atoms with van der Waals surface area (Å²) in [7, 11) is 1.39. The minimum absolute atomic E-state index is 0.131. The molecule has 21 heavy (non-hydrogen) atoms. The highest BCUT2D eigenvalue weighted by atomic mass is 16.5. The maximum atomic E-state index is 11.3. The zero-order chi connectivity index (χ0) is 15.2. The van der Waals surface area contributed by atoms with E-state index in [0.717, 1.165) is 24.9 Å². The fourth-order valence-corrected chi connectivity index (χ4v) is 3.02. The fourth-order valence-electron chi connectivity index (χ4n) is 3.02. The Hall–Kier alpha value is -1.39. The number of rotatable bonds is 7. The van der Waals surface area contributed by atoms with Crippen molar-refractivity contribution in [3.8, 4) is 0 Å². The Labute approximate surface area is 126 Å². The molecule has 0 radical (unpaired) electrons. The zero-order valence-corrected chi connectivity index (χ0v) is 12.9. The van der Waals surface area contributed by atoms with E-state index in [0.29, 0.717) is 12.8 Å². The van der Waals surface area contributed by atoms with Crippen LogP contribution in [0.25, 0.3) is 0 Å². The van der Waals surface area contributed by atoms with Crippen LogP contribution < -0.4 is 5.32 Å². The molecule has 2 unspecified atom stereocenters. The van der Waals surface area contributed by atoms with Crippen molar-refractivity contribution in [3.63, 3.8) is 0 Å². The fraction of sp³-hybridized carbons (Fsp3) is 0.588. The predicted molar refractivity (Wildman–Crippen MR) is 82.1 cm³/mol. The molecule has 1 aliphatic rings. The van der Waals surface area contributed by atoms with Gasteiger partial charge in [-0.1, -0.05) is 25.1 Å². The van der Waals surface area contributed by atoms with Crippen molar-refractivity contribution in [3.05, 3.63) is 34.9 Å². The van der Waals surface area contributed by atoms with E-state index in [1.807, 2.05) is 13.0 Å². The first-order valence-corrected chi connectivity index (χ1v) is 7.75. The van der Waals surface area contributed by atoms with Crippen LogP contribution >= 0.6 is 0 Å². The Morgan fingerprint density at radius 2 is 2.14 bits per heavy atom. The molecule has 116 valence electrons. The van der Waals surface area contributed by atoms with Crippen molar-refractivity contribution in [2.45, 2.75) is 51.2 Å². The second-order valence-electron chi connectivity index (χ2n) is 5.61. The third kappa shape index (κ3) is 4.05. The Bertz CT molecular complexity index is 487. The van der Waals surface area contributed by atoms with Gasteiger partial charge in [-0.2, -0.15) is 0 Å². The Kier molecular flexibility index (Phi) is 5.76. The number of fused-ring (bicyclic) bond motifs is 1. The lowest BCUT2D eigenvalue weighted by molar-refractivity contribution is -0.141. The highest BCUT2D eigenvalue weighted by Crippen LogP contribution is 2.27. The van der Waals surface area contributed by atoms with E-state index in [2.05, 4.69) is 22.2 Å². The van der Waals surface area contributed by atoms with E-state index in [4.69, 9.17) is 0 Å². The lowest BCUT2D eigenvalue weighted by atomic mass is 9.95. The molecule has 1 aliphatic carbocycles. The minimum atomic E-state index is -0.597. The summed E-state index contributed by atoms with van der Waals surface area (Å²) < 4.78 is 4.68. The lowest BCUT2D eigenvalue weighted by Gasteiger charge is -2.24. The Morgan fingerprint density at radius 1 is 1.38 bits per heavy atom. The average molecular weight is 291 g/mol. The summed E-state index contributed by atoms with van der Waals surface area (Å²) >= 11 is 0. The number of carbonyl (C=O) groups is 1. The monoisotopic (exact) mass is 291 g/mol. The van der Waals surface area contributed by atoms with Gasteiger partial charge < -0.3 is 15.2 Å². The lowest BCUT2D eigenvalue weighted by Crippen LogP contribution is -2.35. The van der Waals surface area contributed by atoms with Crippen molar-refractivity contribution in [1.82, 2.24) is 5.32 Å². The molecule has 0 heterocycles. The smallest absolute Gasteiger partial charge is 0.305 e. The van der Waals surface area contributed by atoms with E-state index in [-0.39, 0.29) is 12.0 Å². The van der Waals surface area contributed by atoms with Gasteiger partial charge >= 0.3 is 5.97 Å². The standard InChI is InChI=1S/C17H25NO3/c1-3-18-15(9-10-16(19)21-2)17(20)14-8-7-12-5-4-6-13(12)11-14/h7-8,11,15,17-18,20H,3-6,9-10H2,1-2H3. The van der Waals surface area contributed by atoms with Crippen molar-refractivity contribution in [2.75, 3.05) is 13.7 Å². The number of methoxy groups -OCH3 is 1. The summed E-state index contributed by atoms with van der Waals surface area (Å²) in [5, 5.41) is 13.9. The van der Waals surface area contributed by atoms with Gasteiger partial charge in [0.25, 0.3) is 0 Å².